The van der Waals surface area contributed by atoms with Gasteiger partial charge in [0.25, 0.3) is 11.8 Å². The van der Waals surface area contributed by atoms with E-state index in [1.54, 1.807) is 36.7 Å². The fraction of sp³-hybridized carbons (Fsp3) is 0.125. The van der Waals surface area contributed by atoms with Crippen molar-refractivity contribution in [3.63, 3.8) is 0 Å². The van der Waals surface area contributed by atoms with Crippen molar-refractivity contribution in [3.8, 4) is 0 Å². The summed E-state index contributed by atoms with van der Waals surface area (Å²) in [6.07, 6.45) is 6.07. The highest BCUT2D eigenvalue weighted by atomic mass is 16.2. The molecule has 0 bridgehead atoms. The number of para-hydroxylation sites is 1. The van der Waals surface area contributed by atoms with Gasteiger partial charge in [0.2, 0.25) is 0 Å². The number of benzene rings is 2. The highest BCUT2D eigenvalue weighted by molar-refractivity contribution is 5.99. The van der Waals surface area contributed by atoms with Crippen LogP contribution in [0.4, 0.5) is 0 Å². The van der Waals surface area contributed by atoms with Gasteiger partial charge in [0.05, 0.1) is 0 Å². The molecule has 0 radical (unpaired) electrons. The summed E-state index contributed by atoms with van der Waals surface area (Å²) in [5, 5.41) is 6.96. The molecule has 4 aromatic rings. The zero-order valence-corrected chi connectivity index (χ0v) is 16.4. The number of rotatable bonds is 7. The second-order valence-corrected chi connectivity index (χ2v) is 6.98. The Morgan fingerprint density at radius 2 is 1.60 bits per heavy atom. The lowest BCUT2D eigenvalue weighted by atomic mass is 10.1. The number of nitrogens with one attached hydrogen (secondary N) is 3. The van der Waals surface area contributed by atoms with Crippen LogP contribution in [0.5, 0.6) is 0 Å². The third-order valence-corrected chi connectivity index (χ3v) is 4.94. The first kappa shape index (κ1) is 19.4. The van der Waals surface area contributed by atoms with Crippen LogP contribution in [0, 0.1) is 0 Å². The lowest BCUT2D eigenvalue weighted by Gasteiger charge is -2.08. The van der Waals surface area contributed by atoms with Crippen molar-refractivity contribution in [2.45, 2.75) is 13.0 Å². The van der Waals surface area contributed by atoms with Crippen LogP contribution >= 0.6 is 0 Å². The van der Waals surface area contributed by atoms with E-state index in [1.807, 2.05) is 36.5 Å². The molecule has 0 unspecified atom stereocenters. The number of aromatic amines is 1. The molecule has 2 aromatic heterocycles. The van der Waals surface area contributed by atoms with Crippen LogP contribution in [0.2, 0.25) is 0 Å². The van der Waals surface area contributed by atoms with E-state index in [-0.39, 0.29) is 11.8 Å². The molecule has 30 heavy (non-hydrogen) atoms. The molecular weight excluding hydrogens is 376 g/mol. The molecule has 0 atom stereocenters. The minimum absolute atomic E-state index is 0.196. The number of hydrogen-bond acceptors (Lipinski definition) is 3. The van der Waals surface area contributed by atoms with E-state index in [2.05, 4.69) is 26.7 Å². The van der Waals surface area contributed by atoms with Crippen molar-refractivity contribution in [2.24, 2.45) is 0 Å². The van der Waals surface area contributed by atoms with Gasteiger partial charge in [-0.15, -0.1) is 0 Å². The molecule has 0 saturated carbocycles. The fourth-order valence-electron chi connectivity index (χ4n) is 3.34. The Morgan fingerprint density at radius 1 is 0.867 bits per heavy atom. The molecule has 6 nitrogen and oxygen atoms in total. The van der Waals surface area contributed by atoms with Gasteiger partial charge < -0.3 is 15.6 Å². The summed E-state index contributed by atoms with van der Waals surface area (Å²) >= 11 is 0. The van der Waals surface area contributed by atoms with Gasteiger partial charge in [-0.25, -0.2) is 0 Å². The number of carbonyl (C=O) groups is 2. The first-order valence-electron chi connectivity index (χ1n) is 9.81. The Morgan fingerprint density at radius 3 is 2.40 bits per heavy atom. The summed E-state index contributed by atoms with van der Waals surface area (Å²) in [5.74, 6) is -0.418. The summed E-state index contributed by atoms with van der Waals surface area (Å²) < 4.78 is 0. The summed E-state index contributed by atoms with van der Waals surface area (Å²) in [4.78, 5) is 32.2. The van der Waals surface area contributed by atoms with Gasteiger partial charge in [-0.2, -0.15) is 0 Å². The third-order valence-electron chi connectivity index (χ3n) is 4.94. The highest BCUT2D eigenvalue weighted by Gasteiger charge is 2.11. The van der Waals surface area contributed by atoms with E-state index in [0.29, 0.717) is 24.2 Å². The van der Waals surface area contributed by atoms with Gasteiger partial charge in [-0.3, -0.25) is 14.6 Å². The van der Waals surface area contributed by atoms with E-state index >= 15 is 0 Å². The van der Waals surface area contributed by atoms with E-state index in [0.717, 1.165) is 23.1 Å². The van der Waals surface area contributed by atoms with Crippen LogP contribution in [-0.2, 0) is 13.0 Å². The number of amides is 2. The molecule has 2 heterocycles. The number of nitrogens with zero attached hydrogens (tertiary/aromatic N) is 1. The topological polar surface area (TPSA) is 86.9 Å². The summed E-state index contributed by atoms with van der Waals surface area (Å²) in [6.45, 7) is 0.918. The highest BCUT2D eigenvalue weighted by Crippen LogP contribution is 2.17. The monoisotopic (exact) mass is 398 g/mol. The molecular formula is C24H22N4O2. The largest absolute Gasteiger partial charge is 0.361 e. The minimum atomic E-state index is -0.222. The maximum absolute atomic E-state index is 12.5. The van der Waals surface area contributed by atoms with Gasteiger partial charge in [0.1, 0.15) is 0 Å². The molecule has 0 saturated heterocycles. The Balaban J connectivity index is 1.33. The second kappa shape index (κ2) is 9.05. The molecule has 2 amide bonds. The minimum Gasteiger partial charge on any atom is -0.361 e. The molecule has 2 aromatic carbocycles. The fourth-order valence-corrected chi connectivity index (χ4v) is 3.34. The molecule has 0 aliphatic carbocycles. The van der Waals surface area contributed by atoms with E-state index in [4.69, 9.17) is 0 Å². The Hall–Kier alpha value is -3.93. The van der Waals surface area contributed by atoms with Gasteiger partial charge in [0, 0.05) is 53.7 Å². The molecule has 6 heteroatoms. The first-order valence-corrected chi connectivity index (χ1v) is 9.81. The predicted octanol–water partition coefficient (Wildman–Crippen LogP) is 3.47. The molecule has 0 spiro atoms. The van der Waals surface area contributed by atoms with Crippen molar-refractivity contribution in [1.29, 1.82) is 0 Å². The quantitative estimate of drug-likeness (QED) is 0.446. The lowest BCUT2D eigenvalue weighted by molar-refractivity contribution is 0.0950. The van der Waals surface area contributed by atoms with Crippen LogP contribution < -0.4 is 10.6 Å². The molecule has 150 valence electrons. The number of H-pyrrole nitrogens is 1. The zero-order chi connectivity index (χ0) is 20.8. The summed E-state index contributed by atoms with van der Waals surface area (Å²) in [6, 6.07) is 18.5. The van der Waals surface area contributed by atoms with E-state index in [9.17, 15) is 9.59 Å². The van der Waals surface area contributed by atoms with Crippen molar-refractivity contribution in [2.75, 3.05) is 6.54 Å². The maximum Gasteiger partial charge on any atom is 0.251 e. The predicted molar refractivity (Wildman–Crippen MR) is 116 cm³/mol. The van der Waals surface area contributed by atoms with Crippen LogP contribution in [-0.4, -0.2) is 28.3 Å². The second-order valence-electron chi connectivity index (χ2n) is 6.98. The summed E-state index contributed by atoms with van der Waals surface area (Å²) in [7, 11) is 0. The van der Waals surface area contributed by atoms with Crippen molar-refractivity contribution in [1.82, 2.24) is 20.6 Å². The van der Waals surface area contributed by atoms with E-state index in [1.165, 1.54) is 5.39 Å². The van der Waals surface area contributed by atoms with Gasteiger partial charge in [-0.1, -0.05) is 24.3 Å². The Kier molecular flexibility index (Phi) is 5.85. The smallest absolute Gasteiger partial charge is 0.251 e. The summed E-state index contributed by atoms with van der Waals surface area (Å²) in [5.41, 5.74) is 4.13. The maximum atomic E-state index is 12.5. The number of aromatic nitrogens is 2. The lowest BCUT2D eigenvalue weighted by Crippen LogP contribution is -2.27. The van der Waals surface area contributed by atoms with Crippen LogP contribution in [0.3, 0.4) is 0 Å². The third kappa shape index (κ3) is 4.55. The van der Waals surface area contributed by atoms with Crippen LogP contribution in [0.25, 0.3) is 10.9 Å². The van der Waals surface area contributed by atoms with Crippen molar-refractivity contribution >= 4 is 22.7 Å². The zero-order valence-electron chi connectivity index (χ0n) is 16.4. The first-order chi connectivity index (χ1) is 14.7. The van der Waals surface area contributed by atoms with Gasteiger partial charge in [-0.05, 0) is 53.9 Å². The number of fused-ring (bicyclic) bond motifs is 1. The molecule has 4 rings (SSSR count). The molecule has 3 N–H and O–H groups in total. The van der Waals surface area contributed by atoms with Crippen LogP contribution in [0.15, 0.2) is 79.3 Å². The number of hydrogen-bond donors (Lipinski definition) is 3. The Bertz CT molecular complexity index is 1170. The number of pyridine rings is 1. The average molecular weight is 398 g/mol. The SMILES string of the molecule is O=C(NCCc1c[nH]c2ccccc12)c1cccc(C(=O)NCc2ccncc2)c1. The normalized spacial score (nSPS) is 10.7. The molecule has 0 aliphatic rings. The average Bonchev–Trinajstić information content (AvgIpc) is 3.21. The number of carbonyl (C=O) groups excluding carboxylic acids is 2. The van der Waals surface area contributed by atoms with Crippen molar-refractivity contribution in [3.05, 3.63) is 102 Å². The molecule has 0 aliphatic heterocycles. The van der Waals surface area contributed by atoms with Gasteiger partial charge >= 0.3 is 0 Å². The molecule has 0 fully saturated rings. The van der Waals surface area contributed by atoms with Crippen LogP contribution in [0.1, 0.15) is 31.8 Å². The van der Waals surface area contributed by atoms with Crippen molar-refractivity contribution < 1.29 is 9.59 Å². The standard InChI is InChI=1S/C24H22N4O2/c29-23(26-13-10-20-16-27-22-7-2-1-6-21(20)22)18-4-3-5-19(14-18)24(30)28-15-17-8-11-25-12-9-17/h1-9,11-12,14,16,27H,10,13,15H2,(H,26,29)(H,28,30). The van der Waals surface area contributed by atoms with Gasteiger partial charge in [0.15, 0.2) is 0 Å². The van der Waals surface area contributed by atoms with E-state index < -0.39 is 0 Å². The Labute approximate surface area is 174 Å².